The van der Waals surface area contributed by atoms with E-state index in [4.69, 9.17) is 4.74 Å². The highest BCUT2D eigenvalue weighted by Crippen LogP contribution is 2.24. The van der Waals surface area contributed by atoms with Crippen molar-refractivity contribution >= 4 is 10.9 Å². The van der Waals surface area contributed by atoms with E-state index in [1.54, 1.807) is 0 Å². The van der Waals surface area contributed by atoms with Crippen molar-refractivity contribution in [3.63, 3.8) is 0 Å². The molecular formula is C17H25NO. The normalized spacial score (nSPS) is 13.1. The quantitative estimate of drug-likeness (QED) is 0.722. The second-order valence-corrected chi connectivity index (χ2v) is 5.75. The van der Waals surface area contributed by atoms with E-state index < -0.39 is 0 Å². The highest BCUT2D eigenvalue weighted by atomic mass is 16.5. The molecule has 1 aromatic carbocycles. The lowest BCUT2D eigenvalue weighted by Gasteiger charge is -2.13. The lowest BCUT2D eigenvalue weighted by atomic mass is 10.1. The average Bonchev–Trinajstić information content (AvgIpc) is 2.71. The molecule has 0 aliphatic heterocycles. The van der Waals surface area contributed by atoms with Gasteiger partial charge in [-0.05, 0) is 50.5 Å². The maximum atomic E-state index is 5.74. The number of benzene rings is 1. The molecular weight excluding hydrogens is 234 g/mol. The fourth-order valence-electron chi connectivity index (χ4n) is 2.60. The van der Waals surface area contributed by atoms with Crippen molar-refractivity contribution < 1.29 is 4.74 Å². The zero-order valence-electron chi connectivity index (χ0n) is 12.5. The summed E-state index contributed by atoms with van der Waals surface area (Å²) in [6.07, 6.45) is 4.96. The van der Waals surface area contributed by atoms with E-state index >= 15 is 0 Å². The molecule has 0 aliphatic rings. The molecule has 0 spiro atoms. The smallest absolute Gasteiger partial charge is 0.120 e. The number of hydrogen-bond donors (Lipinski definition) is 0. The Labute approximate surface area is 116 Å². The Morgan fingerprint density at radius 3 is 2.63 bits per heavy atom. The van der Waals surface area contributed by atoms with Gasteiger partial charge in [-0.3, -0.25) is 0 Å². The molecule has 2 heteroatoms. The number of hydrogen-bond acceptors (Lipinski definition) is 1. The Balaban J connectivity index is 2.19. The summed E-state index contributed by atoms with van der Waals surface area (Å²) in [7, 11) is 0. The molecule has 0 bridgehead atoms. The number of nitrogens with zero attached hydrogens (tertiary/aromatic N) is 1. The van der Waals surface area contributed by atoms with Crippen LogP contribution in [0.3, 0.4) is 0 Å². The van der Waals surface area contributed by atoms with Gasteiger partial charge in [0.25, 0.3) is 0 Å². The first kappa shape index (κ1) is 14.0. The third kappa shape index (κ3) is 3.52. The first-order valence-corrected chi connectivity index (χ1v) is 7.35. The predicted molar refractivity (Wildman–Crippen MR) is 81.8 cm³/mol. The second-order valence-electron chi connectivity index (χ2n) is 5.75. The van der Waals surface area contributed by atoms with Gasteiger partial charge < -0.3 is 9.30 Å². The second kappa shape index (κ2) is 6.14. The molecule has 2 rings (SSSR count). The molecule has 0 radical (unpaired) electrons. The fraction of sp³-hybridized carbons (Fsp3) is 0.529. The standard InChI is InChI=1S/C17H25NO/c1-5-6-14(4)12-18-10-9-15-11-16(19-13(2)3)7-8-17(15)18/h7-11,13-14H,5-6,12H2,1-4H3. The van der Waals surface area contributed by atoms with Crippen LogP contribution in [0.4, 0.5) is 0 Å². The third-order valence-corrected chi connectivity index (χ3v) is 3.40. The topological polar surface area (TPSA) is 14.2 Å². The monoisotopic (exact) mass is 259 g/mol. The number of fused-ring (bicyclic) bond motifs is 1. The van der Waals surface area contributed by atoms with Crippen LogP contribution in [0.25, 0.3) is 10.9 Å². The Kier molecular flexibility index (Phi) is 4.52. The van der Waals surface area contributed by atoms with Gasteiger partial charge in [-0.15, -0.1) is 0 Å². The van der Waals surface area contributed by atoms with Crippen molar-refractivity contribution in [1.82, 2.24) is 4.57 Å². The van der Waals surface area contributed by atoms with Crippen molar-refractivity contribution in [2.75, 3.05) is 0 Å². The summed E-state index contributed by atoms with van der Waals surface area (Å²) in [5, 5.41) is 1.27. The lowest BCUT2D eigenvalue weighted by molar-refractivity contribution is 0.243. The van der Waals surface area contributed by atoms with E-state index in [2.05, 4.69) is 62.7 Å². The summed E-state index contributed by atoms with van der Waals surface area (Å²) < 4.78 is 8.10. The Hall–Kier alpha value is -1.44. The predicted octanol–water partition coefficient (Wildman–Crippen LogP) is 4.86. The Morgan fingerprint density at radius 1 is 1.16 bits per heavy atom. The van der Waals surface area contributed by atoms with Gasteiger partial charge in [0.05, 0.1) is 6.10 Å². The molecule has 1 heterocycles. The average molecular weight is 259 g/mol. The summed E-state index contributed by atoms with van der Waals surface area (Å²) in [6.45, 7) is 9.79. The van der Waals surface area contributed by atoms with Gasteiger partial charge in [-0.25, -0.2) is 0 Å². The summed E-state index contributed by atoms with van der Waals surface area (Å²) in [5.41, 5.74) is 1.30. The maximum absolute atomic E-state index is 5.74. The van der Waals surface area contributed by atoms with Crippen molar-refractivity contribution in [2.24, 2.45) is 5.92 Å². The van der Waals surface area contributed by atoms with Crippen LogP contribution in [0.1, 0.15) is 40.5 Å². The third-order valence-electron chi connectivity index (χ3n) is 3.40. The zero-order chi connectivity index (χ0) is 13.8. The van der Waals surface area contributed by atoms with Crippen LogP contribution in [0.5, 0.6) is 5.75 Å². The molecule has 2 aromatic rings. The van der Waals surface area contributed by atoms with Crippen molar-refractivity contribution in [1.29, 1.82) is 0 Å². The van der Waals surface area contributed by atoms with Gasteiger partial charge >= 0.3 is 0 Å². The summed E-state index contributed by atoms with van der Waals surface area (Å²) >= 11 is 0. The largest absolute Gasteiger partial charge is 0.491 e. The van der Waals surface area contributed by atoms with Gasteiger partial charge in [-0.2, -0.15) is 0 Å². The minimum atomic E-state index is 0.226. The molecule has 1 atom stereocenters. The van der Waals surface area contributed by atoms with Crippen LogP contribution >= 0.6 is 0 Å². The van der Waals surface area contributed by atoms with Crippen LogP contribution in [0.15, 0.2) is 30.5 Å². The van der Waals surface area contributed by atoms with E-state index in [9.17, 15) is 0 Å². The van der Waals surface area contributed by atoms with Gasteiger partial charge in [0, 0.05) is 23.6 Å². The molecule has 0 N–H and O–H groups in total. The zero-order valence-corrected chi connectivity index (χ0v) is 12.5. The molecule has 19 heavy (non-hydrogen) atoms. The van der Waals surface area contributed by atoms with Crippen molar-refractivity contribution in [3.05, 3.63) is 30.5 Å². The SMILES string of the molecule is CCCC(C)Cn1ccc2cc(OC(C)C)ccc21. The lowest BCUT2D eigenvalue weighted by Crippen LogP contribution is -2.06. The fourth-order valence-corrected chi connectivity index (χ4v) is 2.60. The van der Waals surface area contributed by atoms with Crippen LogP contribution in [-0.4, -0.2) is 10.7 Å². The van der Waals surface area contributed by atoms with E-state index in [-0.39, 0.29) is 6.10 Å². The van der Waals surface area contributed by atoms with Crippen LogP contribution in [-0.2, 0) is 6.54 Å². The van der Waals surface area contributed by atoms with Gasteiger partial charge in [0.1, 0.15) is 5.75 Å². The maximum Gasteiger partial charge on any atom is 0.120 e. The van der Waals surface area contributed by atoms with Gasteiger partial charge in [0.15, 0.2) is 0 Å². The molecule has 1 unspecified atom stereocenters. The molecule has 0 fully saturated rings. The summed E-state index contributed by atoms with van der Waals surface area (Å²) in [4.78, 5) is 0. The van der Waals surface area contributed by atoms with Crippen LogP contribution in [0.2, 0.25) is 0 Å². The number of ether oxygens (including phenoxy) is 1. The number of rotatable bonds is 6. The Morgan fingerprint density at radius 2 is 1.95 bits per heavy atom. The van der Waals surface area contributed by atoms with E-state index in [1.165, 1.54) is 23.7 Å². The van der Waals surface area contributed by atoms with Gasteiger partial charge in [-0.1, -0.05) is 20.3 Å². The van der Waals surface area contributed by atoms with Crippen LogP contribution < -0.4 is 4.74 Å². The molecule has 0 amide bonds. The first-order chi connectivity index (χ1) is 9.10. The first-order valence-electron chi connectivity index (χ1n) is 7.35. The van der Waals surface area contributed by atoms with Crippen LogP contribution in [0, 0.1) is 5.92 Å². The van der Waals surface area contributed by atoms with Gasteiger partial charge in [0.2, 0.25) is 0 Å². The summed E-state index contributed by atoms with van der Waals surface area (Å²) in [5.74, 6) is 1.69. The minimum Gasteiger partial charge on any atom is -0.491 e. The minimum absolute atomic E-state index is 0.226. The van der Waals surface area contributed by atoms with E-state index in [0.29, 0.717) is 0 Å². The molecule has 104 valence electrons. The van der Waals surface area contributed by atoms with E-state index in [0.717, 1.165) is 18.2 Å². The van der Waals surface area contributed by atoms with Crippen molar-refractivity contribution in [3.8, 4) is 5.75 Å². The molecule has 0 saturated carbocycles. The highest BCUT2D eigenvalue weighted by Gasteiger charge is 2.07. The molecule has 1 aromatic heterocycles. The van der Waals surface area contributed by atoms with E-state index in [1.807, 2.05) is 0 Å². The highest BCUT2D eigenvalue weighted by molar-refractivity contribution is 5.81. The molecule has 2 nitrogen and oxygen atoms in total. The number of aromatic nitrogens is 1. The summed E-state index contributed by atoms with van der Waals surface area (Å²) in [6, 6.07) is 8.56. The Bertz CT molecular complexity index is 527. The molecule has 0 saturated heterocycles. The molecule has 0 aliphatic carbocycles. The van der Waals surface area contributed by atoms with Crippen molar-refractivity contribution in [2.45, 2.75) is 53.2 Å².